The van der Waals surface area contributed by atoms with Gasteiger partial charge in [-0.2, -0.15) is 0 Å². The number of ketones is 1. The van der Waals surface area contributed by atoms with E-state index in [-0.39, 0.29) is 5.78 Å². The Morgan fingerprint density at radius 2 is 1.95 bits per heavy atom. The van der Waals surface area contributed by atoms with Crippen molar-refractivity contribution < 1.29 is 4.79 Å². The first-order valence-electron chi connectivity index (χ1n) is 6.26. The van der Waals surface area contributed by atoms with Crippen LogP contribution >= 0.6 is 0 Å². The molecule has 19 heavy (non-hydrogen) atoms. The number of carbonyl (C=O) groups is 1. The fourth-order valence-corrected chi connectivity index (χ4v) is 2.00. The number of aromatic nitrogens is 1. The summed E-state index contributed by atoms with van der Waals surface area (Å²) in [6.07, 6.45) is 3.40. The van der Waals surface area contributed by atoms with Gasteiger partial charge in [0.25, 0.3) is 0 Å². The maximum Gasteiger partial charge on any atom is 0.161 e. The number of carbonyl (C=O) groups excluding carboxylic acids is 1. The third-order valence-electron chi connectivity index (χ3n) is 2.90. The van der Waals surface area contributed by atoms with Crippen LogP contribution in [0.2, 0.25) is 0 Å². The van der Waals surface area contributed by atoms with E-state index in [9.17, 15) is 4.79 Å². The summed E-state index contributed by atoms with van der Waals surface area (Å²) >= 11 is 0. The second kappa shape index (κ2) is 5.76. The number of nitrogens with zero attached hydrogens (tertiary/aromatic N) is 2. The summed E-state index contributed by atoms with van der Waals surface area (Å²) in [5.74, 6) is 0.0406. The van der Waals surface area contributed by atoms with Crippen LogP contribution in [0.15, 0.2) is 42.7 Å². The standard InChI is InChI=1S/C16H18N2O/c1-12(19)15-8-16(10-17-9-15)14-6-4-5-13(7-14)11-18(2)3/h4-10H,11H2,1-3H3. The first-order chi connectivity index (χ1) is 9.06. The third kappa shape index (κ3) is 3.48. The Bertz CT molecular complexity index is 591. The van der Waals surface area contributed by atoms with Gasteiger partial charge in [0.05, 0.1) is 0 Å². The van der Waals surface area contributed by atoms with Crippen molar-refractivity contribution in [2.45, 2.75) is 13.5 Å². The maximum absolute atomic E-state index is 11.4. The SMILES string of the molecule is CC(=O)c1cncc(-c2cccc(CN(C)C)c2)c1. The van der Waals surface area contributed by atoms with Crippen LogP contribution in [0.3, 0.4) is 0 Å². The summed E-state index contributed by atoms with van der Waals surface area (Å²) in [5.41, 5.74) is 3.97. The zero-order chi connectivity index (χ0) is 13.8. The molecule has 0 atom stereocenters. The monoisotopic (exact) mass is 254 g/mol. The highest BCUT2D eigenvalue weighted by Crippen LogP contribution is 2.21. The van der Waals surface area contributed by atoms with E-state index in [4.69, 9.17) is 0 Å². The Morgan fingerprint density at radius 3 is 2.63 bits per heavy atom. The predicted octanol–water partition coefficient (Wildman–Crippen LogP) is 3.01. The smallest absolute Gasteiger partial charge is 0.161 e. The second-order valence-corrected chi connectivity index (χ2v) is 4.96. The Hall–Kier alpha value is -2.00. The Kier molecular flexibility index (Phi) is 4.07. The average molecular weight is 254 g/mol. The van der Waals surface area contributed by atoms with E-state index in [1.807, 2.05) is 32.3 Å². The van der Waals surface area contributed by atoms with E-state index in [0.29, 0.717) is 5.56 Å². The molecule has 0 bridgehead atoms. The molecule has 0 spiro atoms. The van der Waals surface area contributed by atoms with Crippen LogP contribution in [0.25, 0.3) is 11.1 Å². The summed E-state index contributed by atoms with van der Waals surface area (Å²) in [7, 11) is 4.09. The molecule has 0 aliphatic heterocycles. The molecule has 2 aromatic rings. The summed E-state index contributed by atoms with van der Waals surface area (Å²) < 4.78 is 0. The molecule has 0 fully saturated rings. The van der Waals surface area contributed by atoms with E-state index in [1.165, 1.54) is 5.56 Å². The first kappa shape index (κ1) is 13.4. The molecule has 3 nitrogen and oxygen atoms in total. The Labute approximate surface area is 113 Å². The van der Waals surface area contributed by atoms with Crippen molar-refractivity contribution in [3.8, 4) is 11.1 Å². The van der Waals surface area contributed by atoms with Gasteiger partial charge in [0, 0.05) is 30.1 Å². The average Bonchev–Trinajstić information content (AvgIpc) is 2.38. The summed E-state index contributed by atoms with van der Waals surface area (Å²) in [6, 6.07) is 10.2. The minimum Gasteiger partial charge on any atom is -0.305 e. The van der Waals surface area contributed by atoms with Crippen LogP contribution in [0, 0.1) is 0 Å². The van der Waals surface area contributed by atoms with Gasteiger partial charge >= 0.3 is 0 Å². The Morgan fingerprint density at radius 1 is 1.16 bits per heavy atom. The van der Waals surface area contributed by atoms with Crippen molar-refractivity contribution in [1.82, 2.24) is 9.88 Å². The quantitative estimate of drug-likeness (QED) is 0.786. The highest BCUT2D eigenvalue weighted by molar-refractivity contribution is 5.94. The lowest BCUT2D eigenvalue weighted by molar-refractivity contribution is 0.101. The normalized spacial score (nSPS) is 10.7. The summed E-state index contributed by atoms with van der Waals surface area (Å²) in [4.78, 5) is 17.7. The zero-order valence-electron chi connectivity index (χ0n) is 11.6. The molecule has 98 valence electrons. The first-order valence-corrected chi connectivity index (χ1v) is 6.26. The fraction of sp³-hybridized carbons (Fsp3) is 0.250. The van der Waals surface area contributed by atoms with Gasteiger partial charge in [-0.3, -0.25) is 9.78 Å². The number of hydrogen-bond donors (Lipinski definition) is 0. The largest absolute Gasteiger partial charge is 0.305 e. The van der Waals surface area contributed by atoms with Gasteiger partial charge in [0.2, 0.25) is 0 Å². The summed E-state index contributed by atoms with van der Waals surface area (Å²) in [6.45, 7) is 2.46. The zero-order valence-corrected chi connectivity index (χ0v) is 11.6. The van der Waals surface area contributed by atoms with Crippen molar-refractivity contribution in [3.63, 3.8) is 0 Å². The molecule has 3 heteroatoms. The molecule has 1 heterocycles. The molecule has 1 aromatic carbocycles. The van der Waals surface area contributed by atoms with Crippen LogP contribution in [-0.2, 0) is 6.54 Å². The van der Waals surface area contributed by atoms with E-state index in [1.54, 1.807) is 19.3 Å². The summed E-state index contributed by atoms with van der Waals surface area (Å²) in [5, 5.41) is 0. The van der Waals surface area contributed by atoms with Gasteiger partial charge in [0.15, 0.2) is 5.78 Å². The van der Waals surface area contributed by atoms with Crippen LogP contribution < -0.4 is 0 Å². The number of hydrogen-bond acceptors (Lipinski definition) is 3. The maximum atomic E-state index is 11.4. The fourth-order valence-electron chi connectivity index (χ4n) is 2.00. The molecule has 1 aromatic heterocycles. The molecule has 0 saturated carbocycles. The molecule has 0 aliphatic carbocycles. The lowest BCUT2D eigenvalue weighted by Gasteiger charge is -2.11. The van der Waals surface area contributed by atoms with E-state index in [0.717, 1.165) is 17.7 Å². The molecule has 0 saturated heterocycles. The van der Waals surface area contributed by atoms with Crippen molar-refractivity contribution in [2.24, 2.45) is 0 Å². The van der Waals surface area contributed by atoms with E-state index >= 15 is 0 Å². The van der Waals surface area contributed by atoms with Gasteiger partial charge in [0.1, 0.15) is 0 Å². The van der Waals surface area contributed by atoms with Gasteiger partial charge in [-0.1, -0.05) is 18.2 Å². The topological polar surface area (TPSA) is 33.2 Å². The number of pyridine rings is 1. The van der Waals surface area contributed by atoms with Gasteiger partial charge < -0.3 is 4.90 Å². The second-order valence-electron chi connectivity index (χ2n) is 4.96. The predicted molar refractivity (Wildman–Crippen MR) is 77.1 cm³/mol. The molecule has 0 unspecified atom stereocenters. The molecule has 2 rings (SSSR count). The van der Waals surface area contributed by atoms with Gasteiger partial charge in [-0.15, -0.1) is 0 Å². The minimum atomic E-state index is 0.0406. The van der Waals surface area contributed by atoms with Crippen molar-refractivity contribution in [3.05, 3.63) is 53.9 Å². The van der Waals surface area contributed by atoms with Crippen LogP contribution in [0.5, 0.6) is 0 Å². The van der Waals surface area contributed by atoms with Crippen molar-refractivity contribution >= 4 is 5.78 Å². The van der Waals surface area contributed by atoms with Crippen molar-refractivity contribution in [2.75, 3.05) is 14.1 Å². The van der Waals surface area contributed by atoms with Crippen LogP contribution in [0.4, 0.5) is 0 Å². The minimum absolute atomic E-state index is 0.0406. The highest BCUT2D eigenvalue weighted by Gasteiger charge is 2.04. The number of benzene rings is 1. The highest BCUT2D eigenvalue weighted by atomic mass is 16.1. The van der Waals surface area contributed by atoms with E-state index < -0.39 is 0 Å². The molecular weight excluding hydrogens is 236 g/mol. The molecular formula is C16H18N2O. The number of rotatable bonds is 4. The van der Waals surface area contributed by atoms with Crippen LogP contribution in [-0.4, -0.2) is 29.8 Å². The third-order valence-corrected chi connectivity index (χ3v) is 2.90. The lowest BCUT2D eigenvalue weighted by atomic mass is 10.0. The molecule has 0 N–H and O–H groups in total. The molecule has 0 amide bonds. The van der Waals surface area contributed by atoms with Gasteiger partial charge in [-0.25, -0.2) is 0 Å². The molecule has 0 radical (unpaired) electrons. The lowest BCUT2D eigenvalue weighted by Crippen LogP contribution is -2.10. The molecule has 0 aliphatic rings. The van der Waals surface area contributed by atoms with Crippen molar-refractivity contribution in [1.29, 1.82) is 0 Å². The van der Waals surface area contributed by atoms with Gasteiger partial charge in [-0.05, 0) is 44.3 Å². The Balaban J connectivity index is 2.36. The van der Waals surface area contributed by atoms with Crippen LogP contribution in [0.1, 0.15) is 22.8 Å². The van der Waals surface area contributed by atoms with E-state index in [2.05, 4.69) is 22.0 Å². The number of Topliss-reactive ketones (excluding diaryl/α,β-unsaturated/α-hetero) is 1.